The average molecular weight is 408 g/mol. The van der Waals surface area contributed by atoms with Crippen LogP contribution in [0.15, 0.2) is 30.5 Å². The first-order chi connectivity index (χ1) is 14.6. The molecular weight excluding hydrogens is 386 g/mol. The molecule has 0 N–H and O–H groups in total. The smallest absolute Gasteiger partial charge is 0.310 e. The lowest BCUT2D eigenvalue weighted by molar-refractivity contribution is -0.686. The van der Waals surface area contributed by atoms with Gasteiger partial charge in [0.05, 0.1) is 38.7 Å². The second-order valence-corrected chi connectivity index (χ2v) is 7.28. The normalized spacial score (nSPS) is 13.6. The van der Waals surface area contributed by atoms with Gasteiger partial charge in [0.25, 0.3) is 0 Å². The zero-order valence-electron chi connectivity index (χ0n) is 17.1. The molecule has 3 heterocycles. The van der Waals surface area contributed by atoms with E-state index < -0.39 is 0 Å². The van der Waals surface area contributed by atoms with Crippen LogP contribution >= 0.6 is 0 Å². The average Bonchev–Trinajstić information content (AvgIpc) is 3.23. The van der Waals surface area contributed by atoms with Crippen LogP contribution in [0.5, 0.6) is 23.0 Å². The maximum atomic E-state index is 12.4. The summed E-state index contributed by atoms with van der Waals surface area (Å²) in [7, 11) is 4.64. The van der Waals surface area contributed by atoms with Crippen LogP contribution in [0.25, 0.3) is 22.0 Å². The fourth-order valence-electron chi connectivity index (χ4n) is 4.40. The number of aryl methyl sites for hydroxylation is 2. The van der Waals surface area contributed by atoms with Gasteiger partial charge in [0, 0.05) is 17.4 Å². The molecule has 0 bridgehead atoms. The molecule has 0 atom stereocenters. The molecule has 5 rings (SSSR count). The highest BCUT2D eigenvalue weighted by atomic mass is 16.7. The van der Waals surface area contributed by atoms with Crippen molar-refractivity contribution in [3.63, 3.8) is 0 Å². The number of carbonyl (C=O) groups excluding carboxylic acids is 1. The summed E-state index contributed by atoms with van der Waals surface area (Å²) in [5.41, 5.74) is 4.09. The van der Waals surface area contributed by atoms with Crippen molar-refractivity contribution in [2.24, 2.45) is 0 Å². The molecule has 7 nitrogen and oxygen atoms in total. The Balaban J connectivity index is 1.83. The van der Waals surface area contributed by atoms with Gasteiger partial charge in [-0.25, -0.2) is 0 Å². The molecular formula is C23H22NO6+. The van der Waals surface area contributed by atoms with E-state index in [1.54, 1.807) is 14.2 Å². The van der Waals surface area contributed by atoms with Gasteiger partial charge in [-0.3, -0.25) is 4.79 Å². The molecule has 7 heteroatoms. The van der Waals surface area contributed by atoms with E-state index in [1.807, 2.05) is 24.3 Å². The number of carbonyl (C=O) groups is 1. The number of rotatable bonds is 4. The number of nitrogens with zero attached hydrogens (tertiary/aromatic N) is 1. The van der Waals surface area contributed by atoms with Gasteiger partial charge >= 0.3 is 5.97 Å². The Labute approximate surface area is 173 Å². The van der Waals surface area contributed by atoms with E-state index in [1.165, 1.54) is 12.7 Å². The standard InChI is InChI=1S/C23H22NO6/c1-26-18-5-4-14-16(10-21(25)27-2)22-15-9-20-19(29-12-30-20)8-13(15)6-7-24(22)11-17(14)23(18)28-3/h4-5,8-9,11H,6-7,10,12H2,1-3H3/q+1. The summed E-state index contributed by atoms with van der Waals surface area (Å²) >= 11 is 0. The third-order valence-electron chi connectivity index (χ3n) is 5.79. The summed E-state index contributed by atoms with van der Waals surface area (Å²) < 4.78 is 29.5. The molecule has 0 aliphatic carbocycles. The van der Waals surface area contributed by atoms with E-state index in [-0.39, 0.29) is 19.2 Å². The van der Waals surface area contributed by atoms with Gasteiger partial charge in [0.15, 0.2) is 35.7 Å². The number of methoxy groups -OCH3 is 3. The van der Waals surface area contributed by atoms with Crippen molar-refractivity contribution in [2.45, 2.75) is 19.4 Å². The molecule has 154 valence electrons. The topological polar surface area (TPSA) is 67.1 Å². The fourth-order valence-corrected chi connectivity index (χ4v) is 4.40. The van der Waals surface area contributed by atoms with Gasteiger partial charge in [0.2, 0.25) is 12.5 Å². The Morgan fingerprint density at radius 2 is 1.87 bits per heavy atom. The molecule has 0 radical (unpaired) electrons. The predicted octanol–water partition coefficient (Wildman–Crippen LogP) is 2.81. The molecule has 0 amide bonds. The van der Waals surface area contributed by atoms with E-state index in [2.05, 4.69) is 10.8 Å². The van der Waals surface area contributed by atoms with Crippen molar-refractivity contribution in [3.05, 3.63) is 41.6 Å². The van der Waals surface area contributed by atoms with E-state index >= 15 is 0 Å². The predicted molar refractivity (Wildman–Crippen MR) is 108 cm³/mol. The Kier molecular flexibility index (Phi) is 4.38. The molecule has 1 aromatic heterocycles. The van der Waals surface area contributed by atoms with E-state index in [0.29, 0.717) is 11.5 Å². The minimum absolute atomic E-state index is 0.145. The summed E-state index contributed by atoms with van der Waals surface area (Å²) in [6.45, 7) is 0.994. The van der Waals surface area contributed by atoms with Crippen LogP contribution in [-0.2, 0) is 28.9 Å². The number of esters is 1. The molecule has 3 aromatic rings. The van der Waals surface area contributed by atoms with Gasteiger partial charge in [-0.1, -0.05) is 0 Å². The molecule has 30 heavy (non-hydrogen) atoms. The zero-order valence-corrected chi connectivity index (χ0v) is 17.1. The monoisotopic (exact) mass is 408 g/mol. The number of pyridine rings is 1. The van der Waals surface area contributed by atoms with Crippen molar-refractivity contribution in [2.75, 3.05) is 28.1 Å². The van der Waals surface area contributed by atoms with Crippen LogP contribution in [-0.4, -0.2) is 34.1 Å². The summed E-state index contributed by atoms with van der Waals surface area (Å²) in [4.78, 5) is 12.4. The summed E-state index contributed by atoms with van der Waals surface area (Å²) in [5, 5.41) is 1.82. The molecule has 0 saturated carbocycles. The maximum Gasteiger partial charge on any atom is 0.310 e. The van der Waals surface area contributed by atoms with Crippen molar-refractivity contribution in [1.29, 1.82) is 0 Å². The van der Waals surface area contributed by atoms with Crippen LogP contribution in [0.2, 0.25) is 0 Å². The maximum absolute atomic E-state index is 12.4. The second kappa shape index (κ2) is 7.09. The Morgan fingerprint density at radius 3 is 2.60 bits per heavy atom. The van der Waals surface area contributed by atoms with Crippen molar-refractivity contribution in [1.82, 2.24) is 0 Å². The van der Waals surface area contributed by atoms with Crippen LogP contribution in [0.3, 0.4) is 0 Å². The second-order valence-electron chi connectivity index (χ2n) is 7.28. The van der Waals surface area contributed by atoms with Crippen LogP contribution in [0.4, 0.5) is 0 Å². The Bertz CT molecular complexity index is 1190. The third kappa shape index (κ3) is 2.73. The summed E-state index contributed by atoms with van der Waals surface area (Å²) in [6, 6.07) is 7.89. The highest BCUT2D eigenvalue weighted by Crippen LogP contribution is 2.43. The van der Waals surface area contributed by atoms with Crippen LogP contribution in [0.1, 0.15) is 11.1 Å². The minimum atomic E-state index is -0.298. The fraction of sp³-hybridized carbons (Fsp3) is 0.304. The first kappa shape index (κ1) is 18.5. The largest absolute Gasteiger partial charge is 0.493 e. The van der Waals surface area contributed by atoms with Crippen molar-refractivity contribution in [3.8, 4) is 34.3 Å². The summed E-state index contributed by atoms with van der Waals surface area (Å²) in [5.74, 6) is 2.48. The lowest BCUT2D eigenvalue weighted by atomic mass is 9.90. The number of hydrogen-bond donors (Lipinski definition) is 0. The number of fused-ring (bicyclic) bond motifs is 5. The lowest BCUT2D eigenvalue weighted by Gasteiger charge is -2.20. The van der Waals surface area contributed by atoms with Crippen molar-refractivity contribution < 1.29 is 33.0 Å². The SMILES string of the molecule is COC(=O)Cc1c2[n+](cc3c(OC)c(OC)ccc13)CCc1cc3c(cc1-2)OCO3. The molecule has 0 fully saturated rings. The minimum Gasteiger partial charge on any atom is -0.493 e. The lowest BCUT2D eigenvalue weighted by Crippen LogP contribution is -2.41. The van der Waals surface area contributed by atoms with Gasteiger partial charge in [0.1, 0.15) is 0 Å². The molecule has 0 spiro atoms. The molecule has 2 aliphatic rings. The van der Waals surface area contributed by atoms with E-state index in [4.69, 9.17) is 23.7 Å². The van der Waals surface area contributed by atoms with E-state index in [0.717, 1.165) is 52.1 Å². The molecule has 2 aliphatic heterocycles. The van der Waals surface area contributed by atoms with Crippen molar-refractivity contribution >= 4 is 16.7 Å². The van der Waals surface area contributed by atoms with Gasteiger partial charge < -0.3 is 23.7 Å². The van der Waals surface area contributed by atoms with Gasteiger partial charge in [-0.15, -0.1) is 0 Å². The third-order valence-corrected chi connectivity index (χ3v) is 5.79. The molecule has 0 saturated heterocycles. The first-order valence-corrected chi connectivity index (χ1v) is 9.74. The quantitative estimate of drug-likeness (QED) is 0.489. The highest BCUT2D eigenvalue weighted by molar-refractivity contribution is 5.97. The zero-order chi connectivity index (χ0) is 20.8. The number of aromatic nitrogens is 1. The summed E-state index contributed by atoms with van der Waals surface area (Å²) in [6.07, 6.45) is 3.06. The van der Waals surface area contributed by atoms with Crippen LogP contribution in [0, 0.1) is 0 Å². The number of hydrogen-bond acceptors (Lipinski definition) is 6. The molecule has 0 unspecified atom stereocenters. The van der Waals surface area contributed by atoms with E-state index in [9.17, 15) is 4.79 Å². The highest BCUT2D eigenvalue weighted by Gasteiger charge is 2.33. The Morgan fingerprint density at radius 1 is 1.07 bits per heavy atom. The number of benzene rings is 2. The van der Waals surface area contributed by atoms with Gasteiger partial charge in [-0.05, 0) is 29.8 Å². The number of ether oxygens (including phenoxy) is 5. The van der Waals surface area contributed by atoms with Crippen LogP contribution < -0.4 is 23.5 Å². The first-order valence-electron chi connectivity index (χ1n) is 9.74. The molecule has 2 aromatic carbocycles. The van der Waals surface area contributed by atoms with Gasteiger partial charge in [-0.2, -0.15) is 4.57 Å². The Hall–Kier alpha value is -3.48.